The summed E-state index contributed by atoms with van der Waals surface area (Å²) >= 11 is 0. The number of benzene rings is 2. The van der Waals surface area contributed by atoms with Crippen molar-refractivity contribution in [3.8, 4) is 11.1 Å². The maximum Gasteiger partial charge on any atom is 0.341 e. The van der Waals surface area contributed by atoms with Crippen molar-refractivity contribution in [3.05, 3.63) is 70.6 Å². The molecule has 2 aromatic carbocycles. The third-order valence-electron chi connectivity index (χ3n) is 6.08. The lowest BCUT2D eigenvalue weighted by atomic mass is 9.76. The first-order valence-corrected chi connectivity index (χ1v) is 10.8. The Balaban J connectivity index is 2.00. The van der Waals surface area contributed by atoms with Gasteiger partial charge in [-0.05, 0) is 73.3 Å². The van der Waals surface area contributed by atoms with Gasteiger partial charge in [0.05, 0.1) is 0 Å². The molecule has 0 aromatic heterocycles. The molecule has 0 atom stereocenters. The van der Waals surface area contributed by atoms with E-state index in [-0.39, 0.29) is 17.0 Å². The molecule has 0 amide bonds. The Morgan fingerprint density at radius 3 is 2.16 bits per heavy atom. The number of halogens is 5. The highest BCUT2D eigenvalue weighted by molar-refractivity contribution is 5.91. The van der Waals surface area contributed by atoms with Crippen LogP contribution >= 0.6 is 0 Å². The molecule has 1 aliphatic carbocycles. The Labute approximate surface area is 183 Å². The van der Waals surface area contributed by atoms with Gasteiger partial charge in [-0.15, -0.1) is 0 Å². The molecule has 3 rings (SSSR count). The first kappa shape index (κ1) is 24.0. The van der Waals surface area contributed by atoms with Crippen LogP contribution in [-0.4, -0.2) is 11.1 Å². The predicted molar refractivity (Wildman–Crippen MR) is 112 cm³/mol. The average molecular weight is 452 g/mol. The zero-order valence-electron chi connectivity index (χ0n) is 17.7. The van der Waals surface area contributed by atoms with Crippen LogP contribution in [0.1, 0.15) is 73.7 Å². The van der Waals surface area contributed by atoms with Crippen molar-refractivity contribution >= 4 is 5.97 Å². The second kappa shape index (κ2) is 10.3. The van der Waals surface area contributed by atoms with Gasteiger partial charge in [-0.2, -0.15) is 0 Å². The molecule has 0 saturated heterocycles. The van der Waals surface area contributed by atoms with E-state index in [1.807, 2.05) is 0 Å². The molecule has 172 valence electrons. The van der Waals surface area contributed by atoms with Crippen LogP contribution in [0.4, 0.5) is 22.0 Å². The maximum atomic E-state index is 15.2. The minimum Gasteiger partial charge on any atom is -0.477 e. The zero-order valence-corrected chi connectivity index (χ0v) is 17.7. The van der Waals surface area contributed by atoms with E-state index in [1.54, 1.807) is 0 Å². The molecule has 0 bridgehead atoms. The van der Waals surface area contributed by atoms with Crippen LogP contribution in [0.15, 0.2) is 30.4 Å². The number of rotatable bonds is 7. The normalized spacial score (nSPS) is 18.9. The highest BCUT2D eigenvalue weighted by Crippen LogP contribution is 2.43. The van der Waals surface area contributed by atoms with Crippen LogP contribution in [-0.2, 0) is 0 Å². The molecule has 1 aliphatic rings. The minimum atomic E-state index is -1.84. The van der Waals surface area contributed by atoms with E-state index in [0.29, 0.717) is 30.9 Å². The lowest BCUT2D eigenvalue weighted by Gasteiger charge is -2.29. The van der Waals surface area contributed by atoms with Gasteiger partial charge in [-0.3, -0.25) is 0 Å². The van der Waals surface area contributed by atoms with Crippen molar-refractivity contribution in [2.75, 3.05) is 0 Å². The standard InChI is InChI=1S/C25H25F5O2/c1-2-3-4-5-6-14-7-9-15(10-8-14)17-13-18(26)22(25(31)32)24(30)21(17)16-11-19(27)23(29)20(28)12-16/h5-6,11-15H,2-4,7-10H2,1H3,(H,31,32)/b6-5+/t14-,15-. The summed E-state index contributed by atoms with van der Waals surface area (Å²) in [6, 6.07) is 2.14. The van der Waals surface area contributed by atoms with Crippen LogP contribution in [0, 0.1) is 35.0 Å². The quantitative estimate of drug-likeness (QED) is 0.202. The number of carboxylic acids is 1. The van der Waals surface area contributed by atoms with E-state index in [0.717, 1.165) is 38.2 Å². The van der Waals surface area contributed by atoms with Crippen LogP contribution in [0.3, 0.4) is 0 Å². The average Bonchev–Trinajstić information content (AvgIpc) is 2.74. The van der Waals surface area contributed by atoms with E-state index in [4.69, 9.17) is 0 Å². The van der Waals surface area contributed by atoms with Gasteiger partial charge in [0.1, 0.15) is 17.2 Å². The first-order chi connectivity index (χ1) is 15.2. The summed E-state index contributed by atoms with van der Waals surface area (Å²) in [4.78, 5) is 11.4. The second-order valence-electron chi connectivity index (χ2n) is 8.25. The number of carbonyl (C=O) groups is 1. The van der Waals surface area contributed by atoms with Crippen molar-refractivity contribution in [1.82, 2.24) is 0 Å². The van der Waals surface area contributed by atoms with Gasteiger partial charge in [-0.1, -0.05) is 31.9 Å². The summed E-state index contributed by atoms with van der Waals surface area (Å²) < 4.78 is 70.9. The SMILES string of the molecule is CCCC/C=C/[C@H]1CC[C@H](c2cc(F)c(C(=O)O)c(F)c2-c2cc(F)c(F)c(F)c2)CC1. The van der Waals surface area contributed by atoms with Crippen LogP contribution in [0.2, 0.25) is 0 Å². The van der Waals surface area contributed by atoms with Gasteiger partial charge in [0.2, 0.25) is 0 Å². The predicted octanol–water partition coefficient (Wildman–Crippen LogP) is 7.77. The smallest absolute Gasteiger partial charge is 0.341 e. The van der Waals surface area contributed by atoms with Crippen molar-refractivity contribution in [3.63, 3.8) is 0 Å². The van der Waals surface area contributed by atoms with Crippen molar-refractivity contribution < 1.29 is 31.9 Å². The number of hydrogen-bond acceptors (Lipinski definition) is 1. The summed E-state index contributed by atoms with van der Waals surface area (Å²) in [6.07, 6.45) is 10.2. The molecule has 0 unspecified atom stereocenters. The molecular formula is C25H25F5O2. The topological polar surface area (TPSA) is 37.3 Å². The van der Waals surface area contributed by atoms with Crippen molar-refractivity contribution in [2.45, 2.75) is 57.8 Å². The van der Waals surface area contributed by atoms with E-state index < -0.39 is 46.2 Å². The number of hydrogen-bond donors (Lipinski definition) is 1. The molecule has 2 nitrogen and oxygen atoms in total. The molecule has 7 heteroatoms. The Kier molecular flexibility index (Phi) is 7.69. The van der Waals surface area contributed by atoms with E-state index in [2.05, 4.69) is 19.1 Å². The molecule has 0 spiro atoms. The molecule has 1 saturated carbocycles. The van der Waals surface area contributed by atoms with Crippen LogP contribution in [0.5, 0.6) is 0 Å². The monoisotopic (exact) mass is 452 g/mol. The maximum absolute atomic E-state index is 15.2. The number of unbranched alkanes of at least 4 members (excludes halogenated alkanes) is 2. The number of aromatic carboxylic acids is 1. The lowest BCUT2D eigenvalue weighted by molar-refractivity contribution is 0.0686. The lowest BCUT2D eigenvalue weighted by Crippen LogP contribution is -2.16. The number of allylic oxidation sites excluding steroid dienone is 2. The number of carboxylic acid groups (broad SMARTS) is 1. The fraction of sp³-hybridized carbons (Fsp3) is 0.400. The Bertz CT molecular complexity index is 1000. The molecule has 0 aliphatic heterocycles. The third-order valence-corrected chi connectivity index (χ3v) is 6.08. The van der Waals surface area contributed by atoms with Crippen molar-refractivity contribution in [2.24, 2.45) is 5.92 Å². The Morgan fingerprint density at radius 2 is 1.59 bits per heavy atom. The fourth-order valence-corrected chi connectivity index (χ4v) is 4.38. The first-order valence-electron chi connectivity index (χ1n) is 10.8. The van der Waals surface area contributed by atoms with Crippen LogP contribution < -0.4 is 0 Å². The Hall–Kier alpha value is -2.70. The van der Waals surface area contributed by atoms with Gasteiger partial charge < -0.3 is 5.11 Å². The summed E-state index contributed by atoms with van der Waals surface area (Å²) in [5.41, 5.74) is -1.83. The van der Waals surface area contributed by atoms with Gasteiger partial charge in [0, 0.05) is 5.56 Å². The fourth-order valence-electron chi connectivity index (χ4n) is 4.38. The molecule has 0 heterocycles. The highest BCUT2D eigenvalue weighted by atomic mass is 19.2. The molecule has 2 aromatic rings. The summed E-state index contributed by atoms with van der Waals surface area (Å²) in [5.74, 6) is -9.28. The molecule has 32 heavy (non-hydrogen) atoms. The molecule has 0 radical (unpaired) electrons. The third kappa shape index (κ3) is 5.03. The summed E-state index contributed by atoms with van der Waals surface area (Å²) in [6.45, 7) is 2.11. The largest absolute Gasteiger partial charge is 0.477 e. The molecule has 1 N–H and O–H groups in total. The van der Waals surface area contributed by atoms with Gasteiger partial charge >= 0.3 is 5.97 Å². The summed E-state index contributed by atoms with van der Waals surface area (Å²) in [5, 5.41) is 9.23. The van der Waals surface area contributed by atoms with E-state index in [9.17, 15) is 27.5 Å². The molecule has 1 fully saturated rings. The van der Waals surface area contributed by atoms with E-state index >= 15 is 4.39 Å². The van der Waals surface area contributed by atoms with E-state index in [1.165, 1.54) is 0 Å². The summed E-state index contributed by atoms with van der Waals surface area (Å²) in [7, 11) is 0. The minimum absolute atomic E-state index is 0.142. The highest BCUT2D eigenvalue weighted by Gasteiger charge is 2.30. The van der Waals surface area contributed by atoms with Gasteiger partial charge in [0.25, 0.3) is 0 Å². The second-order valence-corrected chi connectivity index (χ2v) is 8.25. The van der Waals surface area contributed by atoms with Crippen LogP contribution in [0.25, 0.3) is 11.1 Å². The van der Waals surface area contributed by atoms with Gasteiger partial charge in [0.15, 0.2) is 17.5 Å². The van der Waals surface area contributed by atoms with Gasteiger partial charge in [-0.25, -0.2) is 26.7 Å². The van der Waals surface area contributed by atoms with Crippen molar-refractivity contribution in [1.29, 1.82) is 0 Å². The molecular weight excluding hydrogens is 427 g/mol. The zero-order chi connectivity index (χ0) is 23.4. The Morgan fingerprint density at radius 1 is 0.969 bits per heavy atom.